The Morgan fingerprint density at radius 1 is 0.591 bits per heavy atom. The fourth-order valence-corrected chi connectivity index (χ4v) is 13.7. The van der Waals surface area contributed by atoms with Crippen LogP contribution in [0.1, 0.15) is 26.7 Å². The minimum Gasteiger partial charge on any atom is -0.376 e. The molecule has 0 aliphatic rings. The highest BCUT2D eigenvalue weighted by Gasteiger charge is 2.51. The van der Waals surface area contributed by atoms with Gasteiger partial charge in [0.15, 0.2) is 0 Å². The van der Waals surface area contributed by atoms with Gasteiger partial charge < -0.3 is 26.6 Å². The van der Waals surface area contributed by atoms with Gasteiger partial charge in [-0.2, -0.15) is 0 Å². The minimum atomic E-state index is -2.68. The summed E-state index contributed by atoms with van der Waals surface area (Å²) in [7, 11) is 7.90. The Morgan fingerprint density at radius 2 is 0.818 bits per heavy atom. The zero-order chi connectivity index (χ0) is 17.2. The summed E-state index contributed by atoms with van der Waals surface area (Å²) in [5.41, 5.74) is 0. The highest BCUT2D eigenvalue weighted by Crippen LogP contribution is 2.42. The van der Waals surface area contributed by atoms with Gasteiger partial charge in [-0.25, -0.2) is 0 Å². The van der Waals surface area contributed by atoms with Gasteiger partial charge in [-0.3, -0.25) is 0 Å². The molecule has 0 bridgehead atoms. The summed E-state index contributed by atoms with van der Waals surface area (Å²) < 4.78 is 33.6. The minimum absolute atomic E-state index is 0.129. The molecule has 0 N–H and O–H groups in total. The molecule has 0 aromatic heterocycles. The van der Waals surface area contributed by atoms with Crippen molar-refractivity contribution in [2.45, 2.75) is 36.4 Å². The Balaban J connectivity index is 5.04. The molecule has 0 aromatic carbocycles. The maximum atomic E-state index is 5.60. The zero-order valence-corrected chi connectivity index (χ0v) is 18.5. The number of rotatable bonds is 13. The maximum Gasteiger partial charge on any atom is 0.514 e. The van der Waals surface area contributed by atoms with Crippen LogP contribution >= 0.6 is 21.6 Å². The largest absolute Gasteiger partial charge is 0.514 e. The second-order valence-corrected chi connectivity index (χ2v) is 14.2. The van der Waals surface area contributed by atoms with Crippen LogP contribution in [0.3, 0.4) is 0 Å². The van der Waals surface area contributed by atoms with E-state index < -0.39 is 17.6 Å². The van der Waals surface area contributed by atoms with Crippen molar-refractivity contribution in [3.63, 3.8) is 0 Å². The fourth-order valence-electron chi connectivity index (χ4n) is 2.18. The lowest BCUT2D eigenvalue weighted by molar-refractivity contribution is 0.120. The lowest BCUT2D eigenvalue weighted by atomic mass is 10.6. The first-order valence-electron chi connectivity index (χ1n) is 7.12. The smallest absolute Gasteiger partial charge is 0.376 e. The van der Waals surface area contributed by atoms with Gasteiger partial charge in [-0.05, 0) is 12.8 Å². The maximum absolute atomic E-state index is 5.60. The van der Waals surface area contributed by atoms with Crippen LogP contribution in [0.4, 0.5) is 0 Å². The average Bonchev–Trinajstić information content (AvgIpc) is 2.58. The number of hydrogen-bond acceptors (Lipinski definition) is 8. The molecule has 0 aliphatic carbocycles. The standard InChI is InChI=1S/C12H30O6S2Si2/c1-9-11(21(13-3,14-4)15-5)19-20-12(10-2)22(16-6,17-7)18-8/h11-12H,9-10H2,1-8H3. The zero-order valence-electron chi connectivity index (χ0n) is 14.8. The third kappa shape index (κ3) is 5.20. The highest BCUT2D eigenvalue weighted by atomic mass is 33.1. The normalized spacial score (nSPS) is 15.8. The van der Waals surface area contributed by atoms with Gasteiger partial charge in [-0.1, -0.05) is 35.4 Å². The van der Waals surface area contributed by atoms with E-state index in [0.29, 0.717) is 0 Å². The Hall–Kier alpha value is 0.894. The van der Waals surface area contributed by atoms with E-state index in [0.717, 1.165) is 12.8 Å². The van der Waals surface area contributed by atoms with Gasteiger partial charge in [0, 0.05) is 42.7 Å². The first-order chi connectivity index (χ1) is 10.5. The van der Waals surface area contributed by atoms with Crippen molar-refractivity contribution in [2.24, 2.45) is 0 Å². The molecule has 0 aliphatic heterocycles. The molecule has 0 spiro atoms. The molecule has 0 aromatic rings. The molecule has 6 nitrogen and oxygen atoms in total. The van der Waals surface area contributed by atoms with Crippen LogP contribution in [0, 0.1) is 0 Å². The van der Waals surface area contributed by atoms with Crippen molar-refractivity contribution in [1.82, 2.24) is 0 Å². The molecule has 0 radical (unpaired) electrons. The molecule has 0 rings (SSSR count). The SMILES string of the molecule is CCC(SSC(CC)[Si](OC)(OC)OC)[Si](OC)(OC)OC. The molecule has 0 amide bonds. The van der Waals surface area contributed by atoms with Crippen LogP contribution in [-0.2, 0) is 26.6 Å². The molecule has 10 heteroatoms. The molecule has 0 saturated heterocycles. The molecule has 2 unspecified atom stereocenters. The molecule has 0 fully saturated rings. The van der Waals surface area contributed by atoms with Gasteiger partial charge >= 0.3 is 17.6 Å². The quantitative estimate of drug-likeness (QED) is 0.351. The molecule has 0 heterocycles. The molecule has 0 saturated carbocycles. The van der Waals surface area contributed by atoms with Crippen LogP contribution < -0.4 is 0 Å². The van der Waals surface area contributed by atoms with E-state index in [1.54, 1.807) is 64.2 Å². The Morgan fingerprint density at radius 3 is 0.955 bits per heavy atom. The second-order valence-electron chi connectivity index (χ2n) is 4.42. The van der Waals surface area contributed by atoms with Gasteiger partial charge in [-0.15, -0.1) is 0 Å². The van der Waals surface area contributed by atoms with Crippen molar-refractivity contribution >= 4 is 39.2 Å². The lowest BCUT2D eigenvalue weighted by Crippen LogP contribution is -2.54. The van der Waals surface area contributed by atoms with E-state index in [1.807, 2.05) is 0 Å². The van der Waals surface area contributed by atoms with E-state index >= 15 is 0 Å². The first kappa shape index (κ1) is 22.9. The highest BCUT2D eigenvalue weighted by molar-refractivity contribution is 8.77. The van der Waals surface area contributed by atoms with Crippen LogP contribution in [0.2, 0.25) is 0 Å². The third-order valence-corrected chi connectivity index (χ3v) is 15.8. The summed E-state index contributed by atoms with van der Waals surface area (Å²) in [5, 5.41) is 0. The molecule has 2 atom stereocenters. The Labute approximate surface area is 145 Å². The van der Waals surface area contributed by atoms with Crippen LogP contribution in [0.5, 0.6) is 0 Å². The summed E-state index contributed by atoms with van der Waals surface area (Å²) in [6, 6.07) is 0. The van der Waals surface area contributed by atoms with E-state index in [4.69, 9.17) is 26.6 Å². The predicted molar refractivity (Wildman–Crippen MR) is 96.9 cm³/mol. The fraction of sp³-hybridized carbons (Fsp3) is 1.00. The van der Waals surface area contributed by atoms with Gasteiger partial charge in [0.05, 0.1) is 9.75 Å². The van der Waals surface area contributed by atoms with E-state index in [2.05, 4.69) is 13.8 Å². The second kappa shape index (κ2) is 11.4. The van der Waals surface area contributed by atoms with E-state index in [-0.39, 0.29) is 9.75 Å². The Kier molecular flexibility index (Phi) is 11.9. The summed E-state index contributed by atoms with van der Waals surface area (Å²) in [4.78, 5) is 0.257. The van der Waals surface area contributed by atoms with E-state index in [9.17, 15) is 0 Å². The Bertz CT molecular complexity index is 248. The summed E-state index contributed by atoms with van der Waals surface area (Å²) in [6.07, 6.45) is 1.77. The summed E-state index contributed by atoms with van der Waals surface area (Å²) in [6.45, 7) is 4.21. The van der Waals surface area contributed by atoms with Crippen LogP contribution in [0.15, 0.2) is 0 Å². The predicted octanol–water partition coefficient (Wildman–Crippen LogP) is 2.76. The third-order valence-electron chi connectivity index (χ3n) is 3.53. The van der Waals surface area contributed by atoms with Crippen LogP contribution in [0.25, 0.3) is 0 Å². The summed E-state index contributed by atoms with van der Waals surface area (Å²) in [5.74, 6) is 0. The van der Waals surface area contributed by atoms with Gasteiger partial charge in [0.1, 0.15) is 0 Å². The van der Waals surface area contributed by atoms with Gasteiger partial charge in [0.25, 0.3) is 0 Å². The topological polar surface area (TPSA) is 55.4 Å². The lowest BCUT2D eigenvalue weighted by Gasteiger charge is -2.34. The van der Waals surface area contributed by atoms with E-state index in [1.165, 1.54) is 0 Å². The van der Waals surface area contributed by atoms with Crippen molar-refractivity contribution in [1.29, 1.82) is 0 Å². The summed E-state index contributed by atoms with van der Waals surface area (Å²) >= 11 is 0. The molecule has 22 heavy (non-hydrogen) atoms. The van der Waals surface area contributed by atoms with Gasteiger partial charge in [0.2, 0.25) is 0 Å². The average molecular weight is 391 g/mol. The number of hydrogen-bond donors (Lipinski definition) is 0. The van der Waals surface area contributed by atoms with Crippen molar-refractivity contribution in [2.75, 3.05) is 42.7 Å². The van der Waals surface area contributed by atoms with Crippen molar-refractivity contribution < 1.29 is 26.6 Å². The van der Waals surface area contributed by atoms with Crippen molar-refractivity contribution in [3.05, 3.63) is 0 Å². The van der Waals surface area contributed by atoms with Crippen molar-refractivity contribution in [3.8, 4) is 0 Å². The van der Waals surface area contributed by atoms with Crippen LogP contribution in [-0.4, -0.2) is 70.0 Å². The molecular weight excluding hydrogens is 360 g/mol. The molecule has 134 valence electrons. The monoisotopic (exact) mass is 390 g/mol. The first-order valence-corrected chi connectivity index (χ1v) is 13.0. The molecular formula is C12H30O6S2Si2.